The van der Waals surface area contributed by atoms with Gasteiger partial charge in [0.05, 0.1) is 6.10 Å². The second kappa shape index (κ2) is 8.16. The predicted octanol–water partition coefficient (Wildman–Crippen LogP) is 2.26. The molecule has 0 aromatic carbocycles. The van der Waals surface area contributed by atoms with E-state index in [1.807, 2.05) is 0 Å². The van der Waals surface area contributed by atoms with E-state index < -0.39 is 0 Å². The molecule has 2 saturated heterocycles. The zero-order valence-corrected chi connectivity index (χ0v) is 13.7. The third-order valence-electron chi connectivity index (χ3n) is 5.35. The fourth-order valence-corrected chi connectivity index (χ4v) is 4.00. The zero-order valence-electron chi connectivity index (χ0n) is 13.7. The number of nitrogens with zero attached hydrogens (tertiary/aromatic N) is 1. The lowest BCUT2D eigenvalue weighted by molar-refractivity contribution is 0.0632. The Bertz CT molecular complexity index is 344. The van der Waals surface area contributed by atoms with E-state index in [4.69, 9.17) is 4.74 Å². The number of hydrogen-bond acceptors (Lipinski definition) is 3. The molecule has 2 heterocycles. The molecule has 1 saturated carbocycles. The highest BCUT2D eigenvalue weighted by atomic mass is 16.5. The molecule has 0 bridgehead atoms. The molecule has 0 spiro atoms. The van der Waals surface area contributed by atoms with Crippen LogP contribution in [-0.4, -0.2) is 55.4 Å². The number of hydrogen-bond donors (Lipinski definition) is 2. The first-order valence-corrected chi connectivity index (χ1v) is 9.20. The summed E-state index contributed by atoms with van der Waals surface area (Å²) in [5.41, 5.74) is 0. The van der Waals surface area contributed by atoms with E-state index in [9.17, 15) is 4.79 Å². The van der Waals surface area contributed by atoms with E-state index in [0.29, 0.717) is 18.2 Å². The molecule has 0 radical (unpaired) electrons. The molecule has 126 valence electrons. The van der Waals surface area contributed by atoms with Gasteiger partial charge in [-0.2, -0.15) is 0 Å². The van der Waals surface area contributed by atoms with E-state index in [1.165, 1.54) is 32.1 Å². The topological polar surface area (TPSA) is 53.6 Å². The second-order valence-electron chi connectivity index (χ2n) is 7.16. The smallest absolute Gasteiger partial charge is 0.315 e. The average Bonchev–Trinajstić information content (AvgIpc) is 3.03. The van der Waals surface area contributed by atoms with Crippen LogP contribution in [0.3, 0.4) is 0 Å². The third kappa shape index (κ3) is 4.85. The summed E-state index contributed by atoms with van der Waals surface area (Å²) in [5, 5.41) is 6.32. The molecule has 0 unspecified atom stereocenters. The standard InChI is InChI=1S/C17H31N3O2/c21-17(18-14-5-2-1-3-6-14)19-15-8-10-20(11-9-15)13-16-7-4-12-22-16/h14-16H,1-13H2,(H2,18,19,21)/t16-/m1/s1. The van der Waals surface area contributed by atoms with E-state index >= 15 is 0 Å². The van der Waals surface area contributed by atoms with Crippen molar-refractivity contribution < 1.29 is 9.53 Å². The molecule has 3 fully saturated rings. The van der Waals surface area contributed by atoms with Crippen LogP contribution >= 0.6 is 0 Å². The van der Waals surface area contributed by atoms with Crippen LogP contribution in [0.4, 0.5) is 4.79 Å². The van der Waals surface area contributed by atoms with Gasteiger partial charge >= 0.3 is 6.03 Å². The minimum atomic E-state index is 0.0458. The van der Waals surface area contributed by atoms with Crippen molar-refractivity contribution in [3.05, 3.63) is 0 Å². The number of rotatable bonds is 4. The van der Waals surface area contributed by atoms with Crippen molar-refractivity contribution in [2.75, 3.05) is 26.2 Å². The van der Waals surface area contributed by atoms with Gasteiger partial charge in [-0.15, -0.1) is 0 Å². The minimum absolute atomic E-state index is 0.0458. The largest absolute Gasteiger partial charge is 0.377 e. The van der Waals surface area contributed by atoms with E-state index in [2.05, 4.69) is 15.5 Å². The van der Waals surface area contributed by atoms with Gasteiger partial charge < -0.3 is 20.3 Å². The van der Waals surface area contributed by atoms with E-state index in [1.54, 1.807) is 0 Å². The molecule has 5 heteroatoms. The Balaban J connectivity index is 1.31. The first kappa shape index (κ1) is 16.1. The van der Waals surface area contributed by atoms with Gasteiger partial charge in [-0.1, -0.05) is 19.3 Å². The molecular formula is C17H31N3O2. The Hall–Kier alpha value is -0.810. The van der Waals surface area contributed by atoms with Crippen molar-refractivity contribution in [2.24, 2.45) is 0 Å². The molecule has 5 nitrogen and oxygen atoms in total. The van der Waals surface area contributed by atoms with Crippen molar-refractivity contribution in [3.8, 4) is 0 Å². The summed E-state index contributed by atoms with van der Waals surface area (Å²) in [6.45, 7) is 4.16. The fraction of sp³-hybridized carbons (Fsp3) is 0.941. The Morgan fingerprint density at radius 1 is 0.909 bits per heavy atom. The number of likely N-dealkylation sites (tertiary alicyclic amines) is 1. The number of nitrogens with one attached hydrogen (secondary N) is 2. The lowest BCUT2D eigenvalue weighted by Crippen LogP contribution is -2.51. The molecule has 2 amide bonds. The lowest BCUT2D eigenvalue weighted by atomic mass is 9.96. The quantitative estimate of drug-likeness (QED) is 0.837. The fourth-order valence-electron chi connectivity index (χ4n) is 4.00. The maximum absolute atomic E-state index is 12.1. The molecule has 2 N–H and O–H groups in total. The van der Waals surface area contributed by atoms with Crippen LogP contribution in [0.5, 0.6) is 0 Å². The summed E-state index contributed by atoms with van der Waals surface area (Å²) in [6.07, 6.45) is 11.1. The normalized spacial score (nSPS) is 28.6. The second-order valence-corrected chi connectivity index (χ2v) is 7.16. The SMILES string of the molecule is O=C(NC1CCCCC1)NC1CCN(C[C@H]2CCCO2)CC1. The summed E-state index contributed by atoms with van der Waals surface area (Å²) < 4.78 is 5.71. The zero-order chi connectivity index (χ0) is 15.2. The summed E-state index contributed by atoms with van der Waals surface area (Å²) >= 11 is 0. The van der Waals surface area contributed by atoms with Gasteiger partial charge in [0.15, 0.2) is 0 Å². The summed E-state index contributed by atoms with van der Waals surface area (Å²) in [4.78, 5) is 14.6. The van der Waals surface area contributed by atoms with Gasteiger partial charge in [-0.25, -0.2) is 4.79 Å². The van der Waals surface area contributed by atoms with Crippen molar-refractivity contribution in [1.82, 2.24) is 15.5 Å². The molecule has 0 aromatic rings. The van der Waals surface area contributed by atoms with Crippen LogP contribution in [0.25, 0.3) is 0 Å². The van der Waals surface area contributed by atoms with E-state index in [0.717, 1.165) is 51.9 Å². The highest BCUT2D eigenvalue weighted by Crippen LogP contribution is 2.18. The minimum Gasteiger partial charge on any atom is -0.377 e. The van der Waals surface area contributed by atoms with Crippen LogP contribution in [-0.2, 0) is 4.74 Å². The molecule has 22 heavy (non-hydrogen) atoms. The first-order valence-electron chi connectivity index (χ1n) is 9.20. The monoisotopic (exact) mass is 309 g/mol. The number of ether oxygens (including phenoxy) is 1. The van der Waals surface area contributed by atoms with Crippen LogP contribution < -0.4 is 10.6 Å². The molecular weight excluding hydrogens is 278 g/mol. The molecule has 2 aliphatic heterocycles. The van der Waals surface area contributed by atoms with Crippen LogP contribution in [0.15, 0.2) is 0 Å². The first-order chi connectivity index (χ1) is 10.8. The highest BCUT2D eigenvalue weighted by Gasteiger charge is 2.25. The van der Waals surface area contributed by atoms with Gasteiger partial charge in [0.2, 0.25) is 0 Å². The molecule has 0 aromatic heterocycles. The van der Waals surface area contributed by atoms with Crippen molar-refractivity contribution in [1.29, 1.82) is 0 Å². The Kier molecular flexibility index (Phi) is 5.96. The molecule has 3 rings (SSSR count). The Labute approximate surface area is 134 Å². The summed E-state index contributed by atoms with van der Waals surface area (Å²) in [5.74, 6) is 0. The molecule has 3 aliphatic rings. The summed E-state index contributed by atoms with van der Waals surface area (Å²) in [6, 6.07) is 0.780. The van der Waals surface area contributed by atoms with Crippen LogP contribution in [0.2, 0.25) is 0 Å². The number of carbonyl (C=O) groups is 1. The van der Waals surface area contributed by atoms with Gasteiger partial charge in [0.1, 0.15) is 0 Å². The number of amides is 2. The molecule has 1 aliphatic carbocycles. The van der Waals surface area contributed by atoms with E-state index in [-0.39, 0.29) is 6.03 Å². The predicted molar refractivity (Wildman–Crippen MR) is 87.0 cm³/mol. The lowest BCUT2D eigenvalue weighted by Gasteiger charge is -2.34. The summed E-state index contributed by atoms with van der Waals surface area (Å²) in [7, 11) is 0. The van der Waals surface area contributed by atoms with Gasteiger partial charge in [0.25, 0.3) is 0 Å². The maximum Gasteiger partial charge on any atom is 0.315 e. The van der Waals surface area contributed by atoms with Gasteiger partial charge in [-0.3, -0.25) is 0 Å². The average molecular weight is 309 g/mol. The van der Waals surface area contributed by atoms with Crippen molar-refractivity contribution in [3.63, 3.8) is 0 Å². The van der Waals surface area contributed by atoms with Crippen molar-refractivity contribution >= 4 is 6.03 Å². The van der Waals surface area contributed by atoms with Crippen molar-refractivity contribution in [2.45, 2.75) is 76.0 Å². The Morgan fingerprint density at radius 2 is 1.59 bits per heavy atom. The molecule has 1 atom stereocenters. The Morgan fingerprint density at radius 3 is 2.23 bits per heavy atom. The van der Waals surface area contributed by atoms with Gasteiger partial charge in [0, 0.05) is 38.3 Å². The third-order valence-corrected chi connectivity index (χ3v) is 5.35. The highest BCUT2D eigenvalue weighted by molar-refractivity contribution is 5.74. The number of piperidine rings is 1. The van der Waals surface area contributed by atoms with Gasteiger partial charge in [-0.05, 0) is 38.5 Å². The maximum atomic E-state index is 12.1. The van der Waals surface area contributed by atoms with Crippen LogP contribution in [0.1, 0.15) is 57.8 Å². The number of urea groups is 1. The van der Waals surface area contributed by atoms with Crippen LogP contribution in [0, 0.1) is 0 Å². The number of carbonyl (C=O) groups excluding carboxylic acids is 1.